The van der Waals surface area contributed by atoms with Gasteiger partial charge in [0.1, 0.15) is 5.82 Å². The molecule has 0 amide bonds. The third-order valence-electron chi connectivity index (χ3n) is 3.32. The summed E-state index contributed by atoms with van der Waals surface area (Å²) in [7, 11) is 0. The van der Waals surface area contributed by atoms with E-state index in [0.29, 0.717) is 0 Å². The molecule has 1 N–H and O–H groups in total. The number of nitrogens with one attached hydrogen (secondary N) is 1. The van der Waals surface area contributed by atoms with Gasteiger partial charge in [-0.05, 0) is 60.8 Å². The minimum Gasteiger partial charge on any atom is -0.339 e. The summed E-state index contributed by atoms with van der Waals surface area (Å²) in [5.41, 5.74) is 4.15. The Labute approximate surface area is 136 Å². The van der Waals surface area contributed by atoms with Crippen LogP contribution in [0.5, 0.6) is 0 Å². The van der Waals surface area contributed by atoms with Gasteiger partial charge < -0.3 is 5.32 Å². The first-order valence-corrected chi connectivity index (χ1v) is 7.68. The number of nitrogens with zero attached hydrogens (tertiary/aromatic N) is 2. The van der Waals surface area contributed by atoms with Gasteiger partial charge in [-0.15, -0.1) is 0 Å². The van der Waals surface area contributed by atoms with Crippen LogP contribution in [0.25, 0.3) is 10.9 Å². The molecule has 2 aromatic carbocycles. The van der Waals surface area contributed by atoms with E-state index in [1.54, 1.807) is 0 Å². The topological polar surface area (TPSA) is 37.8 Å². The van der Waals surface area contributed by atoms with Crippen LogP contribution in [-0.4, -0.2) is 9.97 Å². The van der Waals surface area contributed by atoms with Gasteiger partial charge >= 0.3 is 0 Å². The van der Waals surface area contributed by atoms with E-state index in [2.05, 4.69) is 57.2 Å². The summed E-state index contributed by atoms with van der Waals surface area (Å²) in [6.45, 7) is 4.12. The summed E-state index contributed by atoms with van der Waals surface area (Å²) in [5, 5.41) is 4.58. The van der Waals surface area contributed by atoms with Crippen molar-refractivity contribution in [2.45, 2.75) is 13.8 Å². The van der Waals surface area contributed by atoms with Gasteiger partial charge in [-0.25, -0.2) is 4.98 Å². The summed E-state index contributed by atoms with van der Waals surface area (Å²) in [6.07, 6.45) is 0. The lowest BCUT2D eigenvalue weighted by Crippen LogP contribution is -2.00. The molecule has 0 aliphatic rings. The first kappa shape index (κ1) is 14.3. The Morgan fingerprint density at radius 1 is 1.05 bits per heavy atom. The van der Waals surface area contributed by atoms with Crippen molar-refractivity contribution in [3.8, 4) is 0 Å². The molecular weight excluding hydrogens is 350 g/mol. The normalized spacial score (nSPS) is 10.9. The highest BCUT2D eigenvalue weighted by molar-refractivity contribution is 9.10. The molecule has 0 bridgehead atoms. The summed E-state index contributed by atoms with van der Waals surface area (Å²) < 4.78 is 1.06. The number of anilines is 2. The molecule has 0 fully saturated rings. The van der Waals surface area contributed by atoms with Crippen molar-refractivity contribution < 1.29 is 0 Å². The van der Waals surface area contributed by atoms with E-state index in [0.717, 1.165) is 38.0 Å². The molecule has 0 spiro atoms. The Bertz CT molecular complexity index is 810. The van der Waals surface area contributed by atoms with Gasteiger partial charge in [0.15, 0.2) is 0 Å². The number of hydrogen-bond donors (Lipinski definition) is 1. The molecule has 1 heterocycles. The van der Waals surface area contributed by atoms with E-state index in [1.807, 2.05) is 24.3 Å². The van der Waals surface area contributed by atoms with Crippen LogP contribution in [0.15, 0.2) is 40.9 Å². The van der Waals surface area contributed by atoms with Crippen LogP contribution in [0.2, 0.25) is 5.28 Å². The number of rotatable bonds is 2. The highest BCUT2D eigenvalue weighted by atomic mass is 79.9. The minimum absolute atomic E-state index is 0.239. The quantitative estimate of drug-likeness (QED) is 0.620. The zero-order chi connectivity index (χ0) is 15.0. The van der Waals surface area contributed by atoms with Crippen LogP contribution in [0.1, 0.15) is 11.1 Å². The summed E-state index contributed by atoms with van der Waals surface area (Å²) in [6, 6.07) is 11.9. The summed E-state index contributed by atoms with van der Waals surface area (Å²) in [5.74, 6) is 0.721. The molecule has 0 aliphatic heterocycles. The van der Waals surface area contributed by atoms with Crippen molar-refractivity contribution in [3.05, 3.63) is 57.3 Å². The molecule has 0 atom stereocenters. The minimum atomic E-state index is 0.239. The van der Waals surface area contributed by atoms with E-state index in [4.69, 9.17) is 11.6 Å². The predicted molar refractivity (Wildman–Crippen MR) is 91.4 cm³/mol. The molecule has 3 nitrogen and oxygen atoms in total. The maximum absolute atomic E-state index is 6.03. The van der Waals surface area contributed by atoms with Gasteiger partial charge in [-0.2, -0.15) is 4.98 Å². The zero-order valence-corrected chi connectivity index (χ0v) is 14.0. The van der Waals surface area contributed by atoms with E-state index in [1.165, 1.54) is 0 Å². The monoisotopic (exact) mass is 361 g/mol. The molecule has 0 radical (unpaired) electrons. The molecule has 0 unspecified atom stereocenters. The van der Waals surface area contributed by atoms with Crippen molar-refractivity contribution in [1.82, 2.24) is 9.97 Å². The molecule has 21 heavy (non-hydrogen) atoms. The van der Waals surface area contributed by atoms with Crippen LogP contribution >= 0.6 is 27.5 Å². The van der Waals surface area contributed by atoms with E-state index in [-0.39, 0.29) is 5.28 Å². The molecule has 5 heteroatoms. The molecule has 106 valence electrons. The Balaban J connectivity index is 2.15. The van der Waals surface area contributed by atoms with Gasteiger partial charge in [-0.1, -0.05) is 28.1 Å². The lowest BCUT2D eigenvalue weighted by Gasteiger charge is -2.14. The Kier molecular flexibility index (Phi) is 3.83. The molecule has 0 aliphatic carbocycles. The molecular formula is C16H13BrClN3. The van der Waals surface area contributed by atoms with Crippen LogP contribution < -0.4 is 5.32 Å². The van der Waals surface area contributed by atoms with Crippen molar-refractivity contribution in [2.75, 3.05) is 5.32 Å². The lowest BCUT2D eigenvalue weighted by atomic mass is 10.1. The smallest absolute Gasteiger partial charge is 0.224 e. The van der Waals surface area contributed by atoms with Crippen molar-refractivity contribution in [2.24, 2.45) is 0 Å². The number of aromatic nitrogens is 2. The number of aryl methyl sites for hydroxylation is 2. The molecule has 3 aromatic rings. The van der Waals surface area contributed by atoms with E-state index in [9.17, 15) is 0 Å². The fraction of sp³-hybridized carbons (Fsp3) is 0.125. The maximum Gasteiger partial charge on any atom is 0.224 e. The SMILES string of the molecule is Cc1cc(Br)cc(C)c1Nc1nc(Cl)nc2ccccc12. The maximum atomic E-state index is 6.03. The van der Waals surface area contributed by atoms with Crippen LogP contribution in [0.4, 0.5) is 11.5 Å². The standard InChI is InChI=1S/C16H13BrClN3/c1-9-7-11(17)8-10(2)14(9)20-15-12-5-3-4-6-13(12)19-16(18)21-15/h3-8H,1-2H3,(H,19,20,21). The van der Waals surface area contributed by atoms with E-state index >= 15 is 0 Å². The lowest BCUT2D eigenvalue weighted by molar-refractivity contribution is 1.21. The second-order valence-corrected chi connectivity index (χ2v) is 6.15. The third-order valence-corrected chi connectivity index (χ3v) is 3.94. The summed E-state index contributed by atoms with van der Waals surface area (Å²) >= 11 is 9.53. The largest absolute Gasteiger partial charge is 0.339 e. The molecule has 1 aromatic heterocycles. The number of hydrogen-bond acceptors (Lipinski definition) is 3. The average molecular weight is 363 g/mol. The molecule has 0 saturated heterocycles. The van der Waals surface area contributed by atoms with Gasteiger partial charge in [0, 0.05) is 15.5 Å². The van der Waals surface area contributed by atoms with Crippen molar-refractivity contribution in [1.29, 1.82) is 0 Å². The van der Waals surface area contributed by atoms with Crippen LogP contribution in [0, 0.1) is 13.8 Å². The number of halogens is 2. The van der Waals surface area contributed by atoms with Crippen molar-refractivity contribution in [3.63, 3.8) is 0 Å². The van der Waals surface area contributed by atoms with Gasteiger partial charge in [-0.3, -0.25) is 0 Å². The first-order chi connectivity index (χ1) is 10.0. The second-order valence-electron chi connectivity index (χ2n) is 4.90. The first-order valence-electron chi connectivity index (χ1n) is 6.50. The Hall–Kier alpha value is -1.65. The molecule has 0 saturated carbocycles. The van der Waals surface area contributed by atoms with Gasteiger partial charge in [0.2, 0.25) is 5.28 Å². The fourth-order valence-corrected chi connectivity index (χ4v) is 3.23. The third kappa shape index (κ3) is 2.87. The summed E-state index contributed by atoms with van der Waals surface area (Å²) in [4.78, 5) is 8.58. The van der Waals surface area contributed by atoms with Gasteiger partial charge in [0.05, 0.1) is 5.52 Å². The highest BCUT2D eigenvalue weighted by Gasteiger charge is 2.10. The number of fused-ring (bicyclic) bond motifs is 1. The van der Waals surface area contributed by atoms with Crippen molar-refractivity contribution >= 4 is 49.9 Å². The predicted octanol–water partition coefficient (Wildman–Crippen LogP) is 5.41. The van der Waals surface area contributed by atoms with Gasteiger partial charge in [0.25, 0.3) is 0 Å². The number of benzene rings is 2. The van der Waals surface area contributed by atoms with Crippen LogP contribution in [0.3, 0.4) is 0 Å². The van der Waals surface area contributed by atoms with E-state index < -0.39 is 0 Å². The zero-order valence-electron chi connectivity index (χ0n) is 11.6. The number of para-hydroxylation sites is 1. The fourth-order valence-electron chi connectivity index (χ4n) is 2.37. The second kappa shape index (κ2) is 5.62. The molecule has 3 rings (SSSR count). The average Bonchev–Trinajstić information content (AvgIpc) is 2.42. The van der Waals surface area contributed by atoms with Crippen LogP contribution in [-0.2, 0) is 0 Å². The Morgan fingerprint density at radius 2 is 1.71 bits per heavy atom. The Morgan fingerprint density at radius 3 is 2.43 bits per heavy atom. The highest BCUT2D eigenvalue weighted by Crippen LogP contribution is 2.30.